The van der Waals surface area contributed by atoms with Crippen molar-refractivity contribution in [2.24, 2.45) is 0 Å². The fraction of sp³-hybridized carbons (Fsp3) is 0.188. The molecule has 0 fully saturated rings. The zero-order chi connectivity index (χ0) is 15.2. The summed E-state index contributed by atoms with van der Waals surface area (Å²) < 4.78 is 0. The lowest BCUT2D eigenvalue weighted by molar-refractivity contribution is -0.136. The van der Waals surface area contributed by atoms with E-state index in [1.54, 1.807) is 37.4 Å². The molecule has 0 radical (unpaired) electrons. The molecule has 0 aliphatic rings. The van der Waals surface area contributed by atoms with Crippen LogP contribution in [0.1, 0.15) is 22.5 Å². The molecule has 0 bridgehead atoms. The first-order valence-electron chi connectivity index (χ1n) is 6.60. The number of para-hydroxylation sites is 1. The van der Waals surface area contributed by atoms with E-state index < -0.39 is 5.97 Å². The lowest BCUT2D eigenvalue weighted by Gasteiger charge is -2.22. The van der Waals surface area contributed by atoms with Crippen LogP contribution in [0.3, 0.4) is 0 Å². The van der Waals surface area contributed by atoms with Crippen molar-refractivity contribution >= 4 is 17.6 Å². The summed E-state index contributed by atoms with van der Waals surface area (Å²) in [6, 6.07) is 12.4. The van der Waals surface area contributed by atoms with Crippen LogP contribution < -0.4 is 4.90 Å². The largest absolute Gasteiger partial charge is 0.481 e. The fourth-order valence-corrected chi connectivity index (χ4v) is 2.02. The van der Waals surface area contributed by atoms with Crippen molar-refractivity contribution in [2.75, 3.05) is 11.4 Å². The molecule has 1 N–H and O–H groups in total. The van der Waals surface area contributed by atoms with Gasteiger partial charge in [-0.25, -0.2) is 0 Å². The van der Waals surface area contributed by atoms with Gasteiger partial charge in [0.05, 0.1) is 12.0 Å². The Bertz CT molecular complexity index is 641. The van der Waals surface area contributed by atoms with E-state index in [1.807, 2.05) is 18.2 Å². The summed E-state index contributed by atoms with van der Waals surface area (Å²) in [5.74, 6) is -1.18. The van der Waals surface area contributed by atoms with Crippen molar-refractivity contribution in [2.45, 2.75) is 13.3 Å². The normalized spacial score (nSPS) is 10.1. The molecule has 21 heavy (non-hydrogen) atoms. The number of hydrogen-bond donors (Lipinski definition) is 1. The van der Waals surface area contributed by atoms with E-state index in [2.05, 4.69) is 4.98 Å². The number of anilines is 1. The lowest BCUT2D eigenvalue weighted by atomic mass is 10.1. The Morgan fingerprint density at radius 1 is 1.14 bits per heavy atom. The summed E-state index contributed by atoms with van der Waals surface area (Å²) in [5.41, 5.74) is 1.78. The summed E-state index contributed by atoms with van der Waals surface area (Å²) >= 11 is 0. The standard InChI is InChI=1S/C16H16N2O3/c1-12-14(8-5-10-17-12)16(21)18(11-9-15(19)20)13-6-3-2-4-7-13/h2-8,10H,9,11H2,1H3,(H,19,20). The molecule has 1 heterocycles. The van der Waals surface area contributed by atoms with Gasteiger partial charge in [-0.3, -0.25) is 14.6 Å². The zero-order valence-corrected chi connectivity index (χ0v) is 11.7. The molecule has 5 heteroatoms. The SMILES string of the molecule is Cc1ncccc1C(=O)N(CCC(=O)O)c1ccccc1. The van der Waals surface area contributed by atoms with E-state index in [0.717, 1.165) is 0 Å². The molecule has 1 aromatic carbocycles. The van der Waals surface area contributed by atoms with Gasteiger partial charge >= 0.3 is 5.97 Å². The van der Waals surface area contributed by atoms with Crippen LogP contribution in [0, 0.1) is 6.92 Å². The number of carbonyl (C=O) groups is 2. The molecular weight excluding hydrogens is 268 g/mol. The highest BCUT2D eigenvalue weighted by Crippen LogP contribution is 2.18. The maximum Gasteiger partial charge on any atom is 0.305 e. The molecule has 1 amide bonds. The number of benzene rings is 1. The molecular formula is C16H16N2O3. The monoisotopic (exact) mass is 284 g/mol. The van der Waals surface area contributed by atoms with Crippen molar-refractivity contribution in [1.29, 1.82) is 0 Å². The van der Waals surface area contributed by atoms with E-state index in [1.165, 1.54) is 4.90 Å². The number of pyridine rings is 1. The Kier molecular flexibility index (Phi) is 4.66. The molecule has 2 rings (SSSR count). The summed E-state index contributed by atoms with van der Waals surface area (Å²) in [4.78, 5) is 29.1. The number of nitrogens with zero attached hydrogens (tertiary/aromatic N) is 2. The van der Waals surface area contributed by atoms with Gasteiger partial charge in [0.25, 0.3) is 5.91 Å². The second kappa shape index (κ2) is 6.65. The maximum absolute atomic E-state index is 12.7. The third-order valence-corrected chi connectivity index (χ3v) is 3.10. The number of carboxylic acid groups (broad SMARTS) is 1. The van der Waals surface area contributed by atoms with E-state index in [0.29, 0.717) is 16.9 Å². The smallest absolute Gasteiger partial charge is 0.305 e. The second-order valence-electron chi connectivity index (χ2n) is 4.57. The molecule has 0 saturated heterocycles. The predicted octanol–water partition coefficient (Wildman–Crippen LogP) is 2.51. The molecule has 0 spiro atoms. The Morgan fingerprint density at radius 3 is 2.48 bits per heavy atom. The van der Waals surface area contributed by atoms with Crippen LogP contribution in [-0.4, -0.2) is 28.5 Å². The van der Waals surface area contributed by atoms with Crippen LogP contribution in [0.15, 0.2) is 48.7 Å². The zero-order valence-electron chi connectivity index (χ0n) is 11.7. The van der Waals surface area contributed by atoms with Gasteiger partial charge < -0.3 is 10.0 Å². The van der Waals surface area contributed by atoms with Gasteiger partial charge in [-0.05, 0) is 31.2 Å². The number of rotatable bonds is 5. The fourth-order valence-electron chi connectivity index (χ4n) is 2.02. The Hall–Kier alpha value is -2.69. The third kappa shape index (κ3) is 3.66. The molecule has 5 nitrogen and oxygen atoms in total. The minimum atomic E-state index is -0.938. The summed E-state index contributed by atoms with van der Waals surface area (Å²) in [5, 5.41) is 8.87. The summed E-state index contributed by atoms with van der Waals surface area (Å²) in [6.45, 7) is 1.88. The Morgan fingerprint density at radius 2 is 1.86 bits per heavy atom. The van der Waals surface area contributed by atoms with Crippen LogP contribution >= 0.6 is 0 Å². The van der Waals surface area contributed by atoms with Gasteiger partial charge in [0.2, 0.25) is 0 Å². The minimum absolute atomic E-state index is 0.111. The molecule has 0 unspecified atom stereocenters. The predicted molar refractivity (Wildman–Crippen MR) is 79.3 cm³/mol. The lowest BCUT2D eigenvalue weighted by Crippen LogP contribution is -2.33. The van der Waals surface area contributed by atoms with Crippen molar-refractivity contribution in [3.05, 3.63) is 59.9 Å². The first-order valence-corrected chi connectivity index (χ1v) is 6.60. The first-order chi connectivity index (χ1) is 10.1. The average molecular weight is 284 g/mol. The van der Waals surface area contributed by atoms with Gasteiger partial charge in [0.1, 0.15) is 0 Å². The Labute approximate surface area is 122 Å². The molecule has 0 aliphatic carbocycles. The van der Waals surface area contributed by atoms with Gasteiger partial charge in [-0.1, -0.05) is 18.2 Å². The van der Waals surface area contributed by atoms with Crippen molar-refractivity contribution in [3.8, 4) is 0 Å². The van der Waals surface area contributed by atoms with Gasteiger partial charge in [0.15, 0.2) is 0 Å². The number of aliphatic carboxylic acids is 1. The number of hydrogen-bond acceptors (Lipinski definition) is 3. The van der Waals surface area contributed by atoms with Crippen LogP contribution in [0.25, 0.3) is 0 Å². The van der Waals surface area contributed by atoms with E-state index in [9.17, 15) is 9.59 Å². The van der Waals surface area contributed by atoms with Crippen molar-refractivity contribution in [3.63, 3.8) is 0 Å². The van der Waals surface area contributed by atoms with Gasteiger partial charge in [0, 0.05) is 24.1 Å². The first kappa shape index (κ1) is 14.7. The Balaban J connectivity index is 2.33. The highest BCUT2D eigenvalue weighted by molar-refractivity contribution is 6.06. The van der Waals surface area contributed by atoms with Crippen molar-refractivity contribution in [1.82, 2.24) is 4.98 Å². The molecule has 0 aliphatic heterocycles. The average Bonchev–Trinajstić information content (AvgIpc) is 2.48. The van der Waals surface area contributed by atoms with Crippen LogP contribution in [-0.2, 0) is 4.79 Å². The molecule has 2 aromatic rings. The van der Waals surface area contributed by atoms with Gasteiger partial charge in [-0.15, -0.1) is 0 Å². The quantitative estimate of drug-likeness (QED) is 0.915. The summed E-state index contributed by atoms with van der Waals surface area (Å²) in [6.07, 6.45) is 1.51. The van der Waals surface area contributed by atoms with Crippen LogP contribution in [0.4, 0.5) is 5.69 Å². The number of carboxylic acids is 1. The van der Waals surface area contributed by atoms with E-state index in [4.69, 9.17) is 5.11 Å². The van der Waals surface area contributed by atoms with E-state index >= 15 is 0 Å². The molecule has 108 valence electrons. The van der Waals surface area contributed by atoms with Crippen LogP contribution in [0.5, 0.6) is 0 Å². The maximum atomic E-state index is 12.7. The highest BCUT2D eigenvalue weighted by atomic mass is 16.4. The highest BCUT2D eigenvalue weighted by Gasteiger charge is 2.20. The number of aromatic nitrogens is 1. The minimum Gasteiger partial charge on any atom is -0.481 e. The van der Waals surface area contributed by atoms with Crippen molar-refractivity contribution < 1.29 is 14.7 Å². The molecule has 0 atom stereocenters. The third-order valence-electron chi connectivity index (χ3n) is 3.10. The van der Waals surface area contributed by atoms with Gasteiger partial charge in [-0.2, -0.15) is 0 Å². The topological polar surface area (TPSA) is 70.5 Å². The number of amides is 1. The second-order valence-corrected chi connectivity index (χ2v) is 4.57. The van der Waals surface area contributed by atoms with E-state index in [-0.39, 0.29) is 18.9 Å². The number of carbonyl (C=O) groups excluding carboxylic acids is 1. The molecule has 1 aromatic heterocycles. The van der Waals surface area contributed by atoms with Crippen LogP contribution in [0.2, 0.25) is 0 Å². The molecule has 0 saturated carbocycles. The summed E-state index contributed by atoms with van der Waals surface area (Å²) in [7, 11) is 0. The number of aryl methyl sites for hydroxylation is 1.